The van der Waals surface area contributed by atoms with Gasteiger partial charge in [0.05, 0.1) is 0 Å². The van der Waals surface area contributed by atoms with E-state index >= 15 is 0 Å². The summed E-state index contributed by atoms with van der Waals surface area (Å²) in [6.07, 6.45) is 4.04. The largest absolute Gasteiger partial charge is 0.491 e. The number of ether oxygens (including phenoxy) is 2. The van der Waals surface area contributed by atoms with Crippen LogP contribution in [0.3, 0.4) is 0 Å². The fraction of sp³-hybridized carbons (Fsp3) is 0.379. The second kappa shape index (κ2) is 10.1. The summed E-state index contributed by atoms with van der Waals surface area (Å²) in [4.78, 5) is 0. The molecule has 5 rings (SSSR count). The van der Waals surface area contributed by atoms with Crippen LogP contribution in [-0.2, 0) is 30.2 Å². The maximum atomic E-state index is 13.5. The maximum absolute atomic E-state index is 13.5. The van der Waals surface area contributed by atoms with Crippen LogP contribution in [0, 0.1) is 12.7 Å². The molecular weight excluding hydrogens is 463 g/mol. The first-order chi connectivity index (χ1) is 16.9. The zero-order valence-corrected chi connectivity index (χ0v) is 20.8. The van der Waals surface area contributed by atoms with Gasteiger partial charge >= 0.3 is 0 Å². The van der Waals surface area contributed by atoms with Gasteiger partial charge < -0.3 is 14.6 Å². The molecule has 0 atom stereocenters. The van der Waals surface area contributed by atoms with Crippen LogP contribution in [0.1, 0.15) is 41.5 Å². The molecule has 0 unspecified atom stereocenters. The van der Waals surface area contributed by atoms with Crippen LogP contribution >= 0.6 is 0 Å². The molecule has 3 aromatic carbocycles. The van der Waals surface area contributed by atoms with Crippen LogP contribution in [0.25, 0.3) is 11.1 Å². The summed E-state index contributed by atoms with van der Waals surface area (Å²) in [7, 11) is -0.820. The molecule has 1 aliphatic heterocycles. The normalized spacial score (nSPS) is 21.5. The summed E-state index contributed by atoms with van der Waals surface area (Å²) in [6.45, 7) is 2.70. The maximum Gasteiger partial charge on any atom is 0.126 e. The first-order valence-electron chi connectivity index (χ1n) is 12.2. The lowest BCUT2D eigenvalue weighted by Crippen LogP contribution is -2.42. The molecule has 4 nitrogen and oxygen atoms in total. The van der Waals surface area contributed by atoms with Crippen molar-refractivity contribution in [2.75, 3.05) is 18.1 Å². The summed E-state index contributed by atoms with van der Waals surface area (Å²) in [5, 5.41) is 10.8. The summed E-state index contributed by atoms with van der Waals surface area (Å²) in [5.41, 5.74) is 6.30. The lowest BCUT2D eigenvalue weighted by Gasteiger charge is -2.31. The Hall–Kier alpha value is -2.70. The van der Waals surface area contributed by atoms with E-state index in [2.05, 4.69) is 31.2 Å². The molecule has 0 aromatic heterocycles. The third-order valence-electron chi connectivity index (χ3n) is 7.03. The van der Waals surface area contributed by atoms with Crippen molar-refractivity contribution < 1.29 is 23.2 Å². The molecule has 0 radical (unpaired) electrons. The van der Waals surface area contributed by atoms with Gasteiger partial charge in [0, 0.05) is 28.4 Å². The Kier molecular flexibility index (Phi) is 6.94. The standard InChI is InChI=1S/C29H31FO4S/c1-20-14-26(34-19-29(31)10-12-35(32)13-11-29)16-23-5-2-4-22-9-8-21(15-27(22)28(20)23)18-33-25-7-3-6-24(30)17-25/h3,6-9,14-17,31H,2,4-5,10-13,18-19H2,1H3. The molecule has 6 heteroatoms. The molecule has 1 heterocycles. The molecule has 1 N–H and O–H groups in total. The van der Waals surface area contributed by atoms with Crippen molar-refractivity contribution in [3.05, 3.63) is 82.7 Å². The van der Waals surface area contributed by atoms with Gasteiger partial charge in [0.1, 0.15) is 36.1 Å². The Morgan fingerprint density at radius 2 is 1.77 bits per heavy atom. The minimum Gasteiger partial charge on any atom is -0.491 e. The van der Waals surface area contributed by atoms with Crippen LogP contribution in [-0.4, -0.2) is 33.0 Å². The molecule has 2 aliphatic rings. The third-order valence-corrected chi connectivity index (χ3v) is 8.34. The van der Waals surface area contributed by atoms with E-state index in [1.165, 1.54) is 34.4 Å². The van der Waals surface area contributed by atoms with E-state index < -0.39 is 16.4 Å². The van der Waals surface area contributed by atoms with Crippen molar-refractivity contribution in [3.63, 3.8) is 0 Å². The minimum atomic E-state index is -0.905. The van der Waals surface area contributed by atoms with Crippen molar-refractivity contribution in [2.24, 2.45) is 0 Å². The zero-order chi connectivity index (χ0) is 24.4. The molecule has 0 bridgehead atoms. The summed E-state index contributed by atoms with van der Waals surface area (Å²) >= 11 is 0. The Balaban J connectivity index is 1.37. The predicted octanol–water partition coefficient (Wildman–Crippen LogP) is 5.52. The third kappa shape index (κ3) is 5.60. The Labute approximate surface area is 208 Å². The zero-order valence-electron chi connectivity index (χ0n) is 20.0. The Morgan fingerprint density at radius 1 is 0.971 bits per heavy atom. The van der Waals surface area contributed by atoms with Crippen LogP contribution in [0.5, 0.6) is 11.5 Å². The lowest BCUT2D eigenvalue weighted by atomic mass is 9.91. The second-order valence-electron chi connectivity index (χ2n) is 9.73. The molecule has 184 valence electrons. The van der Waals surface area contributed by atoms with E-state index in [9.17, 15) is 13.7 Å². The molecule has 3 aromatic rings. The SMILES string of the molecule is Cc1cc(OCC2(O)CCS(=O)CC2)cc2c1-c1cc(COc3cccc(F)c3)ccc1CCC2. The number of rotatable bonds is 6. The first-order valence-corrected chi connectivity index (χ1v) is 13.7. The Bertz CT molecular complexity index is 1250. The van der Waals surface area contributed by atoms with E-state index in [4.69, 9.17) is 9.47 Å². The van der Waals surface area contributed by atoms with Crippen LogP contribution in [0.4, 0.5) is 4.39 Å². The average Bonchev–Trinajstić information content (AvgIpc) is 3.03. The number of benzene rings is 3. The molecule has 1 aliphatic carbocycles. The number of aryl methyl sites for hydroxylation is 3. The molecule has 1 fully saturated rings. The number of hydrogen-bond acceptors (Lipinski definition) is 4. The van der Waals surface area contributed by atoms with E-state index in [-0.39, 0.29) is 12.4 Å². The van der Waals surface area contributed by atoms with Gasteiger partial charge in [-0.2, -0.15) is 0 Å². The minimum absolute atomic E-state index is 0.223. The van der Waals surface area contributed by atoms with Crippen LogP contribution in [0.15, 0.2) is 54.6 Å². The summed E-state index contributed by atoms with van der Waals surface area (Å²) in [5.74, 6) is 2.05. The molecule has 0 saturated carbocycles. The van der Waals surface area contributed by atoms with Gasteiger partial charge in [0.25, 0.3) is 0 Å². The fourth-order valence-corrected chi connectivity index (χ4v) is 6.46. The number of hydrogen-bond donors (Lipinski definition) is 1. The smallest absolute Gasteiger partial charge is 0.126 e. The molecule has 35 heavy (non-hydrogen) atoms. The highest BCUT2D eigenvalue weighted by Gasteiger charge is 2.33. The van der Waals surface area contributed by atoms with Crippen molar-refractivity contribution >= 4 is 10.8 Å². The lowest BCUT2D eigenvalue weighted by molar-refractivity contribution is -0.0122. The first kappa shape index (κ1) is 24.0. The van der Waals surface area contributed by atoms with Gasteiger partial charge in [-0.05, 0) is 103 Å². The van der Waals surface area contributed by atoms with Crippen molar-refractivity contribution in [3.8, 4) is 22.6 Å². The van der Waals surface area contributed by atoms with Gasteiger partial charge in [0.15, 0.2) is 0 Å². The molecular formula is C29H31FO4S. The highest BCUT2D eigenvalue weighted by atomic mass is 32.2. The van der Waals surface area contributed by atoms with E-state index in [0.29, 0.717) is 36.7 Å². The summed E-state index contributed by atoms with van der Waals surface area (Å²) in [6, 6.07) is 16.8. The predicted molar refractivity (Wildman–Crippen MR) is 137 cm³/mol. The van der Waals surface area contributed by atoms with Gasteiger partial charge in [-0.25, -0.2) is 4.39 Å². The van der Waals surface area contributed by atoms with Gasteiger partial charge in [-0.1, -0.05) is 18.2 Å². The number of halogens is 1. The number of aliphatic hydroxyl groups is 1. The van der Waals surface area contributed by atoms with Crippen LogP contribution in [0.2, 0.25) is 0 Å². The van der Waals surface area contributed by atoms with Crippen LogP contribution < -0.4 is 9.47 Å². The second-order valence-corrected chi connectivity index (χ2v) is 11.4. The molecule has 1 saturated heterocycles. The Morgan fingerprint density at radius 3 is 2.57 bits per heavy atom. The average molecular weight is 495 g/mol. The van der Waals surface area contributed by atoms with Gasteiger partial charge in [0.2, 0.25) is 0 Å². The van der Waals surface area contributed by atoms with Crippen molar-refractivity contribution in [1.82, 2.24) is 0 Å². The molecule has 0 spiro atoms. The monoisotopic (exact) mass is 494 g/mol. The summed E-state index contributed by atoms with van der Waals surface area (Å²) < 4.78 is 37.1. The van der Waals surface area contributed by atoms with E-state index in [1.807, 2.05) is 6.07 Å². The number of fused-ring (bicyclic) bond motifs is 3. The quantitative estimate of drug-likeness (QED) is 0.490. The molecule has 0 amide bonds. The van der Waals surface area contributed by atoms with Gasteiger partial charge in [-0.15, -0.1) is 0 Å². The van der Waals surface area contributed by atoms with Crippen molar-refractivity contribution in [2.45, 2.75) is 51.2 Å². The highest BCUT2D eigenvalue weighted by Crippen LogP contribution is 2.38. The fourth-order valence-electron chi connectivity index (χ4n) is 5.04. The van der Waals surface area contributed by atoms with Gasteiger partial charge in [-0.3, -0.25) is 4.21 Å². The van der Waals surface area contributed by atoms with E-state index in [0.717, 1.165) is 36.1 Å². The van der Waals surface area contributed by atoms with E-state index in [1.54, 1.807) is 12.1 Å². The highest BCUT2D eigenvalue weighted by molar-refractivity contribution is 7.85. The van der Waals surface area contributed by atoms with Crippen molar-refractivity contribution in [1.29, 1.82) is 0 Å². The topological polar surface area (TPSA) is 55.8 Å².